The zero-order chi connectivity index (χ0) is 14.1. The molecule has 1 unspecified atom stereocenters. The molecule has 4 heteroatoms. The van der Waals surface area contributed by atoms with Crippen LogP contribution in [-0.2, 0) is 6.42 Å². The molecule has 0 saturated carbocycles. The first-order valence-corrected chi connectivity index (χ1v) is 7.90. The van der Waals surface area contributed by atoms with Gasteiger partial charge in [-0.05, 0) is 40.6 Å². The van der Waals surface area contributed by atoms with Crippen molar-refractivity contribution in [3.63, 3.8) is 0 Å². The minimum Gasteiger partial charge on any atom is -0.388 e. The Balaban J connectivity index is 1.92. The fourth-order valence-electron chi connectivity index (χ4n) is 2.28. The van der Waals surface area contributed by atoms with E-state index in [1.165, 1.54) is 10.8 Å². The van der Waals surface area contributed by atoms with Crippen LogP contribution in [0.1, 0.15) is 17.2 Å². The van der Waals surface area contributed by atoms with E-state index in [0.717, 1.165) is 15.4 Å². The SMILES string of the molecule is OC(Cc1csc2ccccc12)c1cc(Br)ccc1F. The molecule has 102 valence electrons. The molecule has 3 rings (SSSR count). The van der Waals surface area contributed by atoms with E-state index in [-0.39, 0.29) is 5.82 Å². The molecular formula is C16H12BrFOS. The molecule has 0 radical (unpaired) electrons. The Bertz CT molecular complexity index is 753. The van der Waals surface area contributed by atoms with Crippen molar-refractivity contribution in [1.82, 2.24) is 0 Å². The summed E-state index contributed by atoms with van der Waals surface area (Å²) in [5.74, 6) is -0.375. The van der Waals surface area contributed by atoms with Crippen molar-refractivity contribution in [2.45, 2.75) is 12.5 Å². The van der Waals surface area contributed by atoms with Gasteiger partial charge in [0, 0.05) is 21.2 Å². The Morgan fingerprint density at radius 3 is 2.85 bits per heavy atom. The maximum Gasteiger partial charge on any atom is 0.129 e. The van der Waals surface area contributed by atoms with Crippen LogP contribution in [0.3, 0.4) is 0 Å². The zero-order valence-electron chi connectivity index (χ0n) is 10.5. The lowest BCUT2D eigenvalue weighted by Gasteiger charge is -2.12. The van der Waals surface area contributed by atoms with Crippen molar-refractivity contribution < 1.29 is 9.50 Å². The highest BCUT2D eigenvalue weighted by atomic mass is 79.9. The first-order valence-electron chi connectivity index (χ1n) is 6.23. The van der Waals surface area contributed by atoms with E-state index in [2.05, 4.69) is 22.0 Å². The summed E-state index contributed by atoms with van der Waals surface area (Å²) >= 11 is 4.95. The van der Waals surface area contributed by atoms with E-state index >= 15 is 0 Å². The Labute approximate surface area is 128 Å². The second-order valence-corrected chi connectivity index (χ2v) is 6.47. The molecule has 0 bridgehead atoms. The number of thiophene rings is 1. The molecule has 3 aromatic rings. The van der Waals surface area contributed by atoms with E-state index < -0.39 is 6.10 Å². The summed E-state index contributed by atoms with van der Waals surface area (Å²) in [5, 5.41) is 13.5. The van der Waals surface area contributed by atoms with E-state index in [4.69, 9.17) is 0 Å². The fraction of sp³-hybridized carbons (Fsp3) is 0.125. The fourth-order valence-corrected chi connectivity index (χ4v) is 3.63. The summed E-state index contributed by atoms with van der Waals surface area (Å²) < 4.78 is 15.7. The number of fused-ring (bicyclic) bond motifs is 1. The van der Waals surface area contributed by atoms with Crippen LogP contribution in [0.25, 0.3) is 10.1 Å². The minimum absolute atomic E-state index is 0.328. The number of hydrogen-bond acceptors (Lipinski definition) is 2. The second-order valence-electron chi connectivity index (χ2n) is 4.64. The smallest absolute Gasteiger partial charge is 0.129 e. The van der Waals surface area contributed by atoms with Crippen molar-refractivity contribution >= 4 is 37.4 Å². The molecule has 1 aromatic heterocycles. The molecule has 0 saturated heterocycles. The van der Waals surface area contributed by atoms with Crippen LogP contribution in [0.5, 0.6) is 0 Å². The van der Waals surface area contributed by atoms with Crippen LogP contribution in [-0.4, -0.2) is 5.11 Å². The first-order chi connectivity index (χ1) is 9.65. The monoisotopic (exact) mass is 350 g/mol. The van der Waals surface area contributed by atoms with Crippen molar-refractivity contribution in [2.75, 3.05) is 0 Å². The topological polar surface area (TPSA) is 20.2 Å². The van der Waals surface area contributed by atoms with Gasteiger partial charge in [-0.25, -0.2) is 4.39 Å². The highest BCUT2D eigenvalue weighted by molar-refractivity contribution is 9.10. The van der Waals surface area contributed by atoms with Crippen molar-refractivity contribution in [3.8, 4) is 0 Å². The minimum atomic E-state index is -0.842. The van der Waals surface area contributed by atoms with E-state index in [9.17, 15) is 9.50 Å². The molecule has 0 aliphatic rings. The Hall–Kier alpha value is -1.23. The van der Waals surface area contributed by atoms with E-state index in [1.54, 1.807) is 23.5 Å². The van der Waals surface area contributed by atoms with Crippen molar-refractivity contribution in [1.29, 1.82) is 0 Å². The van der Waals surface area contributed by atoms with E-state index in [1.807, 2.05) is 23.6 Å². The van der Waals surface area contributed by atoms with Gasteiger partial charge in [0.05, 0.1) is 6.10 Å². The Kier molecular flexibility index (Phi) is 3.87. The molecule has 0 aliphatic heterocycles. The van der Waals surface area contributed by atoms with Gasteiger partial charge < -0.3 is 5.11 Å². The quantitative estimate of drug-likeness (QED) is 0.698. The summed E-state index contributed by atoms with van der Waals surface area (Å²) in [4.78, 5) is 0. The zero-order valence-corrected chi connectivity index (χ0v) is 12.9. The number of benzene rings is 2. The van der Waals surface area contributed by atoms with Gasteiger partial charge in [-0.1, -0.05) is 34.1 Å². The first kappa shape index (κ1) is 13.7. The summed E-state index contributed by atoms with van der Waals surface area (Å²) in [5.41, 5.74) is 1.38. The average molecular weight is 351 g/mol. The third kappa shape index (κ3) is 2.64. The maximum atomic E-state index is 13.8. The third-order valence-corrected chi connectivity index (χ3v) is 4.80. The number of aliphatic hydroxyl groups is 1. The number of hydrogen-bond donors (Lipinski definition) is 1. The highest BCUT2D eigenvalue weighted by Gasteiger charge is 2.16. The lowest BCUT2D eigenvalue weighted by Crippen LogP contribution is -2.04. The molecule has 2 aromatic carbocycles. The van der Waals surface area contributed by atoms with Crippen LogP contribution in [0.4, 0.5) is 4.39 Å². The molecule has 0 fully saturated rings. The van der Waals surface area contributed by atoms with Gasteiger partial charge in [-0.2, -0.15) is 0 Å². The molecule has 0 amide bonds. The highest BCUT2D eigenvalue weighted by Crippen LogP contribution is 2.31. The van der Waals surface area contributed by atoms with Crippen LogP contribution >= 0.6 is 27.3 Å². The standard InChI is InChI=1S/C16H12BrFOS/c17-11-5-6-14(18)13(8-11)15(19)7-10-9-20-16-4-2-1-3-12(10)16/h1-6,8-9,15,19H,7H2. The number of halogens is 2. The predicted octanol–water partition coefficient (Wildman–Crippen LogP) is 5.08. The van der Waals surface area contributed by atoms with Crippen LogP contribution in [0, 0.1) is 5.82 Å². The number of aliphatic hydroxyl groups excluding tert-OH is 1. The van der Waals surface area contributed by atoms with Crippen LogP contribution in [0.15, 0.2) is 52.3 Å². The summed E-state index contributed by atoms with van der Waals surface area (Å²) in [6.07, 6.45) is -0.428. The Morgan fingerprint density at radius 1 is 1.20 bits per heavy atom. The summed E-state index contributed by atoms with van der Waals surface area (Å²) in [6.45, 7) is 0. The normalized spacial score (nSPS) is 12.8. The molecule has 1 atom stereocenters. The van der Waals surface area contributed by atoms with Crippen LogP contribution < -0.4 is 0 Å². The van der Waals surface area contributed by atoms with Crippen molar-refractivity contribution in [2.24, 2.45) is 0 Å². The molecule has 1 N–H and O–H groups in total. The van der Waals surface area contributed by atoms with Gasteiger partial charge in [0.25, 0.3) is 0 Å². The van der Waals surface area contributed by atoms with Gasteiger partial charge in [0.2, 0.25) is 0 Å². The molecule has 0 aliphatic carbocycles. The lowest BCUT2D eigenvalue weighted by molar-refractivity contribution is 0.174. The molecule has 1 nitrogen and oxygen atoms in total. The Morgan fingerprint density at radius 2 is 2.00 bits per heavy atom. The molecule has 20 heavy (non-hydrogen) atoms. The predicted molar refractivity (Wildman–Crippen MR) is 84.6 cm³/mol. The summed E-state index contributed by atoms with van der Waals surface area (Å²) in [6, 6.07) is 12.7. The van der Waals surface area contributed by atoms with Gasteiger partial charge in [0.15, 0.2) is 0 Å². The third-order valence-electron chi connectivity index (χ3n) is 3.29. The van der Waals surface area contributed by atoms with Crippen molar-refractivity contribution in [3.05, 3.63) is 69.3 Å². The number of rotatable bonds is 3. The average Bonchev–Trinajstić information content (AvgIpc) is 2.85. The maximum absolute atomic E-state index is 13.8. The van der Waals surface area contributed by atoms with Gasteiger partial charge >= 0.3 is 0 Å². The molecule has 0 spiro atoms. The molecular weight excluding hydrogens is 339 g/mol. The van der Waals surface area contributed by atoms with E-state index in [0.29, 0.717) is 12.0 Å². The van der Waals surface area contributed by atoms with Gasteiger partial charge in [-0.3, -0.25) is 0 Å². The summed E-state index contributed by atoms with van der Waals surface area (Å²) in [7, 11) is 0. The lowest BCUT2D eigenvalue weighted by atomic mass is 10.0. The largest absolute Gasteiger partial charge is 0.388 e. The van der Waals surface area contributed by atoms with Gasteiger partial charge in [-0.15, -0.1) is 11.3 Å². The van der Waals surface area contributed by atoms with Gasteiger partial charge in [0.1, 0.15) is 5.82 Å². The van der Waals surface area contributed by atoms with Crippen LogP contribution in [0.2, 0.25) is 0 Å². The molecule has 1 heterocycles. The second kappa shape index (κ2) is 5.64.